The number of rotatable bonds is 5. The van der Waals surface area contributed by atoms with Gasteiger partial charge < -0.3 is 15.4 Å². The first-order valence-corrected chi connectivity index (χ1v) is 7.01. The van der Waals surface area contributed by atoms with E-state index in [4.69, 9.17) is 4.74 Å². The monoisotopic (exact) mass is 298 g/mol. The number of para-hydroxylation sites is 1. The normalized spacial score (nSPS) is 9.86. The van der Waals surface area contributed by atoms with Gasteiger partial charge in [-0.1, -0.05) is 35.9 Å². The van der Waals surface area contributed by atoms with Crippen LogP contribution in [-0.2, 0) is 0 Å². The van der Waals surface area contributed by atoms with Crippen molar-refractivity contribution in [3.05, 3.63) is 65.7 Å². The lowest BCUT2D eigenvalue weighted by Crippen LogP contribution is -2.36. The van der Waals surface area contributed by atoms with Crippen molar-refractivity contribution in [1.82, 2.24) is 10.6 Å². The molecule has 0 fully saturated rings. The fourth-order valence-electron chi connectivity index (χ4n) is 1.78. The van der Waals surface area contributed by atoms with E-state index in [1.165, 1.54) is 0 Å². The van der Waals surface area contributed by atoms with Gasteiger partial charge in [0, 0.05) is 18.7 Å². The summed E-state index contributed by atoms with van der Waals surface area (Å²) in [5, 5.41) is 5.30. The van der Waals surface area contributed by atoms with Crippen LogP contribution in [0.5, 0.6) is 5.75 Å². The van der Waals surface area contributed by atoms with E-state index in [1.807, 2.05) is 25.1 Å². The molecule has 2 aromatic carbocycles. The molecule has 0 atom stereocenters. The zero-order chi connectivity index (χ0) is 15.8. The smallest absolute Gasteiger partial charge is 0.410 e. The van der Waals surface area contributed by atoms with E-state index in [9.17, 15) is 9.59 Å². The number of hydrogen-bond donors (Lipinski definition) is 2. The van der Waals surface area contributed by atoms with E-state index in [-0.39, 0.29) is 5.91 Å². The molecule has 0 spiro atoms. The first-order valence-electron chi connectivity index (χ1n) is 7.01. The maximum absolute atomic E-state index is 11.8. The first kappa shape index (κ1) is 15.6. The summed E-state index contributed by atoms with van der Waals surface area (Å²) in [4.78, 5) is 23.4. The summed E-state index contributed by atoms with van der Waals surface area (Å²) in [7, 11) is 0. The molecule has 0 saturated heterocycles. The summed E-state index contributed by atoms with van der Waals surface area (Å²) in [6.07, 6.45) is -0.546. The summed E-state index contributed by atoms with van der Waals surface area (Å²) in [6, 6.07) is 16.1. The highest BCUT2D eigenvalue weighted by atomic mass is 16.6. The molecule has 0 saturated carbocycles. The van der Waals surface area contributed by atoms with Gasteiger partial charge >= 0.3 is 6.09 Å². The molecule has 2 rings (SSSR count). The molecule has 2 aromatic rings. The minimum atomic E-state index is -0.546. The largest absolute Gasteiger partial charge is 0.412 e. The molecular weight excluding hydrogens is 280 g/mol. The van der Waals surface area contributed by atoms with Gasteiger partial charge in [0.2, 0.25) is 0 Å². The highest BCUT2D eigenvalue weighted by molar-refractivity contribution is 5.94. The van der Waals surface area contributed by atoms with Crippen LogP contribution >= 0.6 is 0 Å². The van der Waals surface area contributed by atoms with Gasteiger partial charge in [-0.05, 0) is 31.2 Å². The molecule has 0 aliphatic rings. The maximum atomic E-state index is 11.8. The van der Waals surface area contributed by atoms with Crippen molar-refractivity contribution in [3.63, 3.8) is 0 Å². The van der Waals surface area contributed by atoms with Crippen molar-refractivity contribution in [1.29, 1.82) is 0 Å². The Labute approximate surface area is 129 Å². The number of hydrogen-bond acceptors (Lipinski definition) is 3. The number of nitrogens with one attached hydrogen (secondary N) is 2. The van der Waals surface area contributed by atoms with Crippen LogP contribution in [0.4, 0.5) is 4.79 Å². The van der Waals surface area contributed by atoms with Crippen molar-refractivity contribution in [2.24, 2.45) is 0 Å². The first-order chi connectivity index (χ1) is 10.6. The predicted octanol–water partition coefficient (Wildman–Crippen LogP) is 2.51. The van der Waals surface area contributed by atoms with Crippen LogP contribution < -0.4 is 15.4 Å². The highest BCUT2D eigenvalue weighted by Gasteiger charge is 2.05. The molecule has 0 aromatic heterocycles. The molecular formula is C17H18N2O3. The third-order valence-corrected chi connectivity index (χ3v) is 2.95. The Balaban J connectivity index is 1.67. The summed E-state index contributed by atoms with van der Waals surface area (Å²) in [5.74, 6) is 0.307. The maximum Gasteiger partial charge on any atom is 0.412 e. The van der Waals surface area contributed by atoms with Crippen LogP contribution in [0.25, 0.3) is 0 Å². The van der Waals surface area contributed by atoms with E-state index in [0.29, 0.717) is 24.4 Å². The summed E-state index contributed by atoms with van der Waals surface area (Å²) < 4.78 is 5.06. The lowest BCUT2D eigenvalue weighted by Gasteiger charge is -2.08. The Morgan fingerprint density at radius 3 is 2.23 bits per heavy atom. The summed E-state index contributed by atoms with van der Waals surface area (Å²) in [6.45, 7) is 2.59. The highest BCUT2D eigenvalue weighted by Crippen LogP contribution is 2.07. The summed E-state index contributed by atoms with van der Waals surface area (Å²) in [5.41, 5.74) is 1.69. The number of carbonyl (C=O) groups is 2. The Hall–Kier alpha value is -2.82. The minimum Gasteiger partial charge on any atom is -0.410 e. The molecule has 0 aliphatic carbocycles. The molecule has 114 valence electrons. The fourth-order valence-corrected chi connectivity index (χ4v) is 1.78. The van der Waals surface area contributed by atoms with E-state index in [0.717, 1.165) is 5.56 Å². The standard InChI is InChI=1S/C17H18N2O3/c1-13-7-9-14(10-8-13)16(20)18-11-12-19-17(21)22-15-5-3-2-4-6-15/h2-10H,11-12H2,1H3,(H,18,20)(H,19,21). The summed E-state index contributed by atoms with van der Waals surface area (Å²) >= 11 is 0. The number of amides is 2. The van der Waals surface area contributed by atoms with Gasteiger partial charge in [0.05, 0.1) is 0 Å². The number of benzene rings is 2. The number of aryl methyl sites for hydroxylation is 1. The van der Waals surface area contributed by atoms with Crippen LogP contribution in [-0.4, -0.2) is 25.1 Å². The second-order valence-electron chi connectivity index (χ2n) is 4.75. The molecule has 2 N–H and O–H groups in total. The van der Waals surface area contributed by atoms with Crippen LogP contribution in [0.2, 0.25) is 0 Å². The predicted molar refractivity (Wildman–Crippen MR) is 84.0 cm³/mol. The minimum absolute atomic E-state index is 0.168. The quantitative estimate of drug-likeness (QED) is 0.833. The van der Waals surface area contributed by atoms with Crippen molar-refractivity contribution >= 4 is 12.0 Å². The van der Waals surface area contributed by atoms with Gasteiger partial charge in [-0.25, -0.2) is 4.79 Å². The molecule has 0 bridgehead atoms. The van der Waals surface area contributed by atoms with Gasteiger partial charge in [-0.15, -0.1) is 0 Å². The van der Waals surface area contributed by atoms with Crippen molar-refractivity contribution in [2.45, 2.75) is 6.92 Å². The molecule has 0 radical (unpaired) electrons. The lowest BCUT2D eigenvalue weighted by molar-refractivity contribution is 0.0953. The van der Waals surface area contributed by atoms with Crippen molar-refractivity contribution < 1.29 is 14.3 Å². The zero-order valence-electron chi connectivity index (χ0n) is 12.3. The Kier molecular flexibility index (Phi) is 5.54. The molecule has 0 aliphatic heterocycles. The number of carbonyl (C=O) groups excluding carboxylic acids is 2. The van der Waals surface area contributed by atoms with Crippen molar-refractivity contribution in [2.75, 3.05) is 13.1 Å². The third kappa shape index (κ3) is 4.94. The average Bonchev–Trinajstić information content (AvgIpc) is 2.53. The van der Waals surface area contributed by atoms with Crippen LogP contribution in [0.15, 0.2) is 54.6 Å². The van der Waals surface area contributed by atoms with Crippen LogP contribution in [0.3, 0.4) is 0 Å². The third-order valence-electron chi connectivity index (χ3n) is 2.95. The topological polar surface area (TPSA) is 67.4 Å². The fraction of sp³-hybridized carbons (Fsp3) is 0.176. The SMILES string of the molecule is Cc1ccc(C(=O)NCCNC(=O)Oc2ccccc2)cc1. The van der Waals surface area contributed by atoms with Crippen molar-refractivity contribution in [3.8, 4) is 5.75 Å². The van der Waals surface area contributed by atoms with Gasteiger partial charge in [0.15, 0.2) is 0 Å². The van der Waals surface area contributed by atoms with E-state index < -0.39 is 6.09 Å². The Bertz CT molecular complexity index is 624. The average molecular weight is 298 g/mol. The molecule has 0 unspecified atom stereocenters. The van der Waals surface area contributed by atoms with Crippen LogP contribution in [0.1, 0.15) is 15.9 Å². The van der Waals surface area contributed by atoms with E-state index >= 15 is 0 Å². The zero-order valence-corrected chi connectivity index (χ0v) is 12.3. The molecule has 5 heteroatoms. The van der Waals surface area contributed by atoms with E-state index in [2.05, 4.69) is 10.6 Å². The molecule has 2 amide bonds. The number of ether oxygens (including phenoxy) is 1. The van der Waals surface area contributed by atoms with Gasteiger partial charge in [0.1, 0.15) is 5.75 Å². The second kappa shape index (κ2) is 7.83. The molecule has 0 heterocycles. The van der Waals surface area contributed by atoms with Gasteiger partial charge in [-0.3, -0.25) is 4.79 Å². The lowest BCUT2D eigenvalue weighted by atomic mass is 10.1. The second-order valence-corrected chi connectivity index (χ2v) is 4.75. The van der Waals surface area contributed by atoms with Crippen LogP contribution in [0, 0.1) is 6.92 Å². The van der Waals surface area contributed by atoms with E-state index in [1.54, 1.807) is 36.4 Å². The molecule has 22 heavy (non-hydrogen) atoms. The van der Waals surface area contributed by atoms with Gasteiger partial charge in [0.25, 0.3) is 5.91 Å². The molecule has 5 nitrogen and oxygen atoms in total. The Morgan fingerprint density at radius 2 is 1.55 bits per heavy atom. The Morgan fingerprint density at radius 1 is 0.909 bits per heavy atom. The van der Waals surface area contributed by atoms with Gasteiger partial charge in [-0.2, -0.15) is 0 Å².